The van der Waals surface area contributed by atoms with E-state index < -0.39 is 0 Å². The molecule has 4 aromatic rings. The van der Waals surface area contributed by atoms with Gasteiger partial charge in [0, 0.05) is 16.5 Å². The van der Waals surface area contributed by atoms with Gasteiger partial charge in [0.2, 0.25) is 0 Å². The van der Waals surface area contributed by atoms with Crippen LogP contribution < -0.4 is 9.88 Å². The molecule has 1 aliphatic heterocycles. The lowest BCUT2D eigenvalue weighted by atomic mass is 10.1. The lowest BCUT2D eigenvalue weighted by Crippen LogP contribution is -2.42. The summed E-state index contributed by atoms with van der Waals surface area (Å²) in [5.41, 5.74) is 5.05. The van der Waals surface area contributed by atoms with Gasteiger partial charge in [0.25, 0.3) is 11.7 Å². The Morgan fingerprint density at radius 3 is 2.68 bits per heavy atom. The van der Waals surface area contributed by atoms with Crippen molar-refractivity contribution in [3.63, 3.8) is 0 Å². The quantitative estimate of drug-likeness (QED) is 0.468. The Morgan fingerprint density at radius 2 is 1.90 bits per heavy atom. The van der Waals surface area contributed by atoms with Crippen molar-refractivity contribution in [3.8, 4) is 22.5 Å². The van der Waals surface area contributed by atoms with E-state index in [1.807, 2.05) is 35.2 Å². The van der Waals surface area contributed by atoms with Crippen LogP contribution in [-0.4, -0.2) is 15.5 Å². The maximum atomic E-state index is 13.3. The molecule has 2 aromatic carbocycles. The number of halogens is 1. The monoisotopic (exact) mass is 433 g/mol. The zero-order valence-corrected chi connectivity index (χ0v) is 18.0. The molecule has 0 fully saturated rings. The number of carbonyl (C=O) groups is 1. The molecular weight excluding hydrogens is 411 g/mol. The summed E-state index contributed by atoms with van der Waals surface area (Å²) in [6.07, 6.45) is 3.95. The first kappa shape index (κ1) is 19.6. The summed E-state index contributed by atoms with van der Waals surface area (Å²) in [6, 6.07) is 14.7. The van der Waals surface area contributed by atoms with Gasteiger partial charge in [0.05, 0.1) is 18.7 Å². The Kier molecular flexibility index (Phi) is 5.11. The molecule has 1 aliphatic rings. The summed E-state index contributed by atoms with van der Waals surface area (Å²) in [4.78, 5) is 17.3. The van der Waals surface area contributed by atoms with Crippen molar-refractivity contribution in [2.75, 3.05) is 5.32 Å². The Bertz CT molecular complexity index is 1240. The number of nitrogens with one attached hydrogen (secondary N) is 1. The first-order valence-electron chi connectivity index (χ1n) is 10.3. The molecule has 0 bridgehead atoms. The molecule has 5 nitrogen and oxygen atoms in total. The fourth-order valence-electron chi connectivity index (χ4n) is 4.00. The van der Waals surface area contributed by atoms with Gasteiger partial charge in [-0.3, -0.25) is 10.1 Å². The smallest absolute Gasteiger partial charge is 0.268 e. The van der Waals surface area contributed by atoms with Crippen molar-refractivity contribution in [1.29, 1.82) is 0 Å². The van der Waals surface area contributed by atoms with Crippen molar-refractivity contribution in [3.05, 3.63) is 77.3 Å². The van der Waals surface area contributed by atoms with Crippen molar-refractivity contribution in [2.24, 2.45) is 0 Å². The number of benzene rings is 2. The lowest BCUT2D eigenvalue weighted by molar-refractivity contribution is -0.690. The number of hydrogen-bond acceptors (Lipinski definition) is 3. The molecule has 2 aromatic heterocycles. The number of anilines is 1. The molecule has 5 rings (SSSR count). The Morgan fingerprint density at radius 1 is 1.16 bits per heavy atom. The third-order valence-electron chi connectivity index (χ3n) is 5.55. The van der Waals surface area contributed by atoms with E-state index in [9.17, 15) is 9.18 Å². The number of carbonyl (C=O) groups excluding carboxylic acids is 1. The van der Waals surface area contributed by atoms with Gasteiger partial charge in [0.1, 0.15) is 12.0 Å². The van der Waals surface area contributed by atoms with Gasteiger partial charge in [-0.2, -0.15) is 0 Å². The van der Waals surface area contributed by atoms with Gasteiger partial charge in [-0.25, -0.2) is 18.5 Å². The summed E-state index contributed by atoms with van der Waals surface area (Å²) in [5, 5.41) is 5.48. The van der Waals surface area contributed by atoms with Crippen molar-refractivity contribution in [1.82, 2.24) is 9.55 Å². The lowest BCUT2D eigenvalue weighted by Gasteiger charge is -2.01. The number of nitrogens with zero attached hydrogens (tertiary/aromatic N) is 3. The molecule has 0 saturated carbocycles. The molecule has 1 amide bonds. The number of amides is 1. The Labute approximate surface area is 183 Å². The fourth-order valence-corrected chi connectivity index (χ4v) is 4.73. The zero-order chi connectivity index (χ0) is 21.4. The van der Waals surface area contributed by atoms with Gasteiger partial charge >= 0.3 is 0 Å². The van der Waals surface area contributed by atoms with E-state index >= 15 is 0 Å². The summed E-state index contributed by atoms with van der Waals surface area (Å²) in [7, 11) is 0. The molecule has 0 aliphatic carbocycles. The molecule has 156 valence electrons. The first-order chi connectivity index (χ1) is 15.1. The van der Waals surface area contributed by atoms with Crippen LogP contribution in [0.15, 0.2) is 60.1 Å². The van der Waals surface area contributed by atoms with E-state index in [-0.39, 0.29) is 18.3 Å². The number of thiazole rings is 1. The molecule has 1 N–H and O–H groups in total. The molecule has 0 saturated heterocycles. The van der Waals surface area contributed by atoms with Crippen LogP contribution in [-0.2, 0) is 24.3 Å². The van der Waals surface area contributed by atoms with Crippen LogP contribution in [0.4, 0.5) is 9.52 Å². The van der Waals surface area contributed by atoms with E-state index in [4.69, 9.17) is 0 Å². The second-order valence-electron chi connectivity index (χ2n) is 7.77. The predicted molar refractivity (Wildman–Crippen MR) is 119 cm³/mol. The third-order valence-corrected chi connectivity index (χ3v) is 6.30. The van der Waals surface area contributed by atoms with Gasteiger partial charge in [-0.05, 0) is 37.6 Å². The summed E-state index contributed by atoms with van der Waals surface area (Å²) < 4.78 is 17.5. The average Bonchev–Trinajstić information content (AvgIpc) is 3.48. The van der Waals surface area contributed by atoms with Crippen LogP contribution >= 0.6 is 11.3 Å². The first-order valence-corrected chi connectivity index (χ1v) is 11.1. The number of fused-ring (bicyclic) bond motifs is 1. The second-order valence-corrected chi connectivity index (χ2v) is 8.63. The van der Waals surface area contributed by atoms with Crippen LogP contribution in [0.25, 0.3) is 22.5 Å². The molecule has 7 heteroatoms. The summed E-state index contributed by atoms with van der Waals surface area (Å²) >= 11 is 1.42. The SMILES string of the molecule is Cc1ccc(-c2csc(NC(=O)C[n+]3cc(-c4ccc(F)cc4)n4c3CCC4)n2)cc1. The van der Waals surface area contributed by atoms with Crippen LogP contribution in [0.2, 0.25) is 0 Å². The molecule has 0 unspecified atom stereocenters. The van der Waals surface area contributed by atoms with Gasteiger partial charge < -0.3 is 0 Å². The largest absolute Gasteiger partial charge is 0.299 e. The summed E-state index contributed by atoms with van der Waals surface area (Å²) in [5.74, 6) is 0.757. The minimum Gasteiger partial charge on any atom is -0.299 e. The van der Waals surface area contributed by atoms with Crippen molar-refractivity contribution < 1.29 is 13.8 Å². The molecule has 31 heavy (non-hydrogen) atoms. The minimum atomic E-state index is -0.252. The molecule has 0 atom stereocenters. The number of aromatic nitrogens is 3. The molecular formula is C24H22FN4OS+. The van der Waals surface area contributed by atoms with Crippen LogP contribution in [0.3, 0.4) is 0 Å². The number of rotatable bonds is 5. The second kappa shape index (κ2) is 8.07. The van der Waals surface area contributed by atoms with E-state index in [1.54, 1.807) is 12.1 Å². The van der Waals surface area contributed by atoms with Crippen molar-refractivity contribution >= 4 is 22.4 Å². The van der Waals surface area contributed by atoms with Gasteiger partial charge in [-0.1, -0.05) is 29.8 Å². The highest BCUT2D eigenvalue weighted by Gasteiger charge is 2.29. The van der Waals surface area contributed by atoms with Crippen molar-refractivity contribution in [2.45, 2.75) is 32.9 Å². The molecule has 3 heterocycles. The topological polar surface area (TPSA) is 50.8 Å². The van der Waals surface area contributed by atoms with E-state index in [2.05, 4.69) is 27.0 Å². The van der Waals surface area contributed by atoms with Crippen LogP contribution in [0.1, 0.15) is 17.8 Å². The zero-order valence-electron chi connectivity index (χ0n) is 17.1. The minimum absolute atomic E-state index is 0.110. The highest BCUT2D eigenvalue weighted by molar-refractivity contribution is 7.14. The third kappa shape index (κ3) is 4.01. The average molecular weight is 434 g/mol. The highest BCUT2D eigenvalue weighted by atomic mass is 32.1. The van der Waals surface area contributed by atoms with Gasteiger partial charge in [-0.15, -0.1) is 11.3 Å². The number of imidazole rings is 1. The maximum absolute atomic E-state index is 13.3. The van der Waals surface area contributed by atoms with E-state index in [0.717, 1.165) is 47.7 Å². The summed E-state index contributed by atoms with van der Waals surface area (Å²) in [6.45, 7) is 3.17. The molecule has 0 radical (unpaired) electrons. The molecule has 0 spiro atoms. The Hall–Kier alpha value is -3.32. The Balaban J connectivity index is 1.33. The van der Waals surface area contributed by atoms with E-state index in [0.29, 0.717) is 5.13 Å². The van der Waals surface area contributed by atoms with Crippen LogP contribution in [0.5, 0.6) is 0 Å². The van der Waals surface area contributed by atoms with Gasteiger partial charge in [0.15, 0.2) is 17.4 Å². The predicted octanol–water partition coefficient (Wildman–Crippen LogP) is 4.60. The normalized spacial score (nSPS) is 12.7. The fraction of sp³-hybridized carbons (Fsp3) is 0.208. The standard InChI is InChI=1S/C24H21FN4OS/c1-16-4-6-17(7-5-16)20-15-31-24(26-20)27-22(30)14-28-13-21(29-12-2-3-23(28)29)18-8-10-19(25)11-9-18/h4-11,13,15H,2-3,12,14H2,1H3/p+1. The number of hydrogen-bond donors (Lipinski definition) is 1. The van der Waals surface area contributed by atoms with E-state index in [1.165, 1.54) is 29.0 Å². The van der Waals surface area contributed by atoms with Crippen LogP contribution in [0, 0.1) is 12.7 Å². The maximum Gasteiger partial charge on any atom is 0.268 e. The highest BCUT2D eigenvalue weighted by Crippen LogP contribution is 2.26. The number of aryl methyl sites for hydroxylation is 1.